The van der Waals surface area contributed by atoms with Gasteiger partial charge < -0.3 is 5.32 Å². The van der Waals surface area contributed by atoms with Crippen molar-refractivity contribution in [1.29, 1.82) is 0 Å². The molecule has 4 aliphatic rings. The normalized spacial score (nSPS) is 31.8. The fourth-order valence-corrected chi connectivity index (χ4v) is 7.53. The zero-order valence-electron chi connectivity index (χ0n) is 16.0. The van der Waals surface area contributed by atoms with Gasteiger partial charge in [0, 0.05) is 6.04 Å². The summed E-state index contributed by atoms with van der Waals surface area (Å²) >= 11 is 5.90. The monoisotopic (exact) mass is 428 g/mol. The average Bonchev–Trinajstić information content (AvgIpc) is 2.55. The summed E-state index contributed by atoms with van der Waals surface area (Å²) in [5.74, 6) is 1.62. The van der Waals surface area contributed by atoms with E-state index in [-0.39, 0.29) is 21.9 Å². The highest BCUT2D eigenvalue weighted by atomic mass is 35.5. The van der Waals surface area contributed by atoms with Crippen molar-refractivity contribution in [3.05, 3.63) is 29.0 Å². The lowest BCUT2D eigenvalue weighted by atomic mass is 9.54. The summed E-state index contributed by atoms with van der Waals surface area (Å²) in [5.41, 5.74) is -1.36. The second kappa shape index (κ2) is 6.96. The maximum absolute atomic E-state index is 13.2. The maximum atomic E-state index is 13.2. The summed E-state index contributed by atoms with van der Waals surface area (Å²) in [7, 11) is -4.08. The summed E-state index contributed by atoms with van der Waals surface area (Å²) < 4.78 is 41.1. The molecule has 4 fully saturated rings. The topological polar surface area (TPSA) is 75.3 Å². The van der Waals surface area contributed by atoms with E-state index in [0.29, 0.717) is 11.8 Å². The Morgan fingerprint density at radius 1 is 1.11 bits per heavy atom. The molecule has 0 unspecified atom stereocenters. The van der Waals surface area contributed by atoms with Crippen LogP contribution in [0.3, 0.4) is 0 Å². The third-order valence-electron chi connectivity index (χ3n) is 6.67. The molecule has 1 aromatic carbocycles. The SMILES string of the molecule is CC(C)(NS(=O)(=O)c1ccc(F)cc1Cl)C(=O)NC1C2CC3CC(C2)CC1C3. The molecule has 4 saturated carbocycles. The first kappa shape index (κ1) is 20.1. The van der Waals surface area contributed by atoms with Gasteiger partial charge in [-0.25, -0.2) is 12.8 Å². The largest absolute Gasteiger partial charge is 0.351 e. The lowest BCUT2D eigenvalue weighted by Crippen LogP contribution is -2.62. The molecule has 2 N–H and O–H groups in total. The minimum atomic E-state index is -4.08. The van der Waals surface area contributed by atoms with Gasteiger partial charge in [0.25, 0.3) is 0 Å². The number of sulfonamides is 1. The van der Waals surface area contributed by atoms with Crippen LogP contribution in [0.25, 0.3) is 0 Å². The molecule has 28 heavy (non-hydrogen) atoms. The van der Waals surface area contributed by atoms with E-state index in [1.807, 2.05) is 0 Å². The molecule has 0 spiro atoms. The van der Waals surface area contributed by atoms with Gasteiger partial charge in [-0.3, -0.25) is 4.79 Å². The van der Waals surface area contributed by atoms with Crippen LogP contribution >= 0.6 is 11.6 Å². The highest BCUT2D eigenvalue weighted by molar-refractivity contribution is 7.89. The molecule has 8 heteroatoms. The Hall–Kier alpha value is -1.18. The number of benzene rings is 1. The van der Waals surface area contributed by atoms with Crippen molar-refractivity contribution in [3.8, 4) is 0 Å². The minimum Gasteiger partial charge on any atom is -0.351 e. The third kappa shape index (κ3) is 3.68. The van der Waals surface area contributed by atoms with Crippen molar-refractivity contribution < 1.29 is 17.6 Å². The molecule has 0 radical (unpaired) electrons. The van der Waals surface area contributed by atoms with Crippen molar-refractivity contribution in [2.24, 2.45) is 23.7 Å². The van der Waals surface area contributed by atoms with E-state index in [1.165, 1.54) is 20.3 Å². The molecule has 154 valence electrons. The van der Waals surface area contributed by atoms with Crippen molar-refractivity contribution in [1.82, 2.24) is 10.0 Å². The van der Waals surface area contributed by atoms with Crippen LogP contribution in [0.5, 0.6) is 0 Å². The van der Waals surface area contributed by atoms with Crippen LogP contribution in [-0.2, 0) is 14.8 Å². The minimum absolute atomic E-state index is 0.124. The number of amides is 1. The van der Waals surface area contributed by atoms with Crippen LogP contribution in [0, 0.1) is 29.5 Å². The first-order chi connectivity index (χ1) is 13.0. The van der Waals surface area contributed by atoms with Gasteiger partial charge in [-0.15, -0.1) is 0 Å². The summed E-state index contributed by atoms with van der Waals surface area (Å²) in [4.78, 5) is 12.7. The number of rotatable bonds is 5. The second-order valence-corrected chi connectivity index (χ2v) is 11.3. The maximum Gasteiger partial charge on any atom is 0.243 e. The fraction of sp³-hybridized carbons (Fsp3) is 0.650. The van der Waals surface area contributed by atoms with E-state index in [4.69, 9.17) is 11.6 Å². The smallest absolute Gasteiger partial charge is 0.243 e. The van der Waals surface area contributed by atoms with Crippen LogP contribution < -0.4 is 10.0 Å². The average molecular weight is 429 g/mol. The number of halogens is 2. The van der Waals surface area contributed by atoms with Crippen LogP contribution in [0.15, 0.2) is 23.1 Å². The fourth-order valence-electron chi connectivity index (χ4n) is 5.62. The number of nitrogens with one attached hydrogen (secondary N) is 2. The predicted octanol–water partition coefficient (Wildman–Crippen LogP) is 3.48. The van der Waals surface area contributed by atoms with Crippen LogP contribution in [0.1, 0.15) is 46.0 Å². The molecule has 0 atom stereocenters. The molecule has 5 nitrogen and oxygen atoms in total. The predicted molar refractivity (Wildman–Crippen MR) is 105 cm³/mol. The van der Waals surface area contributed by atoms with E-state index < -0.39 is 21.4 Å². The van der Waals surface area contributed by atoms with Crippen molar-refractivity contribution in [2.75, 3.05) is 0 Å². The van der Waals surface area contributed by atoms with Gasteiger partial charge >= 0.3 is 0 Å². The summed E-state index contributed by atoms with van der Waals surface area (Å²) in [5, 5.41) is 2.92. The van der Waals surface area contributed by atoms with Gasteiger partial charge in [0.05, 0.1) is 5.02 Å². The van der Waals surface area contributed by atoms with Gasteiger partial charge in [-0.05, 0) is 87.8 Å². The second-order valence-electron chi connectivity index (χ2n) is 9.24. The van der Waals surface area contributed by atoms with Gasteiger partial charge in [0.2, 0.25) is 15.9 Å². The highest BCUT2D eigenvalue weighted by Gasteiger charge is 2.49. The molecule has 5 rings (SSSR count). The van der Waals surface area contributed by atoms with Gasteiger partial charge in [0.15, 0.2) is 0 Å². The van der Waals surface area contributed by atoms with Crippen molar-refractivity contribution in [2.45, 2.75) is 62.4 Å². The number of carbonyl (C=O) groups excluding carboxylic acids is 1. The highest BCUT2D eigenvalue weighted by Crippen LogP contribution is 2.53. The van der Waals surface area contributed by atoms with E-state index in [2.05, 4.69) is 10.0 Å². The summed E-state index contributed by atoms with van der Waals surface area (Å²) in [6.45, 7) is 3.07. The Morgan fingerprint density at radius 3 is 2.21 bits per heavy atom. The van der Waals surface area contributed by atoms with Gasteiger partial charge in [0.1, 0.15) is 16.3 Å². The molecule has 0 saturated heterocycles. The van der Waals surface area contributed by atoms with Crippen LogP contribution in [0.4, 0.5) is 4.39 Å². The first-order valence-electron chi connectivity index (χ1n) is 9.85. The Morgan fingerprint density at radius 2 is 1.68 bits per heavy atom. The first-order valence-corrected chi connectivity index (χ1v) is 11.7. The molecule has 1 amide bonds. The standard InChI is InChI=1S/C20H26ClFN2O3S/c1-20(2,24-28(26,27)17-4-3-15(22)10-16(17)21)19(25)23-18-13-6-11-5-12(8-13)9-14(18)7-11/h3-4,10-14,18,24H,5-9H2,1-2H3,(H,23,25). The molecule has 1 aromatic rings. The van der Waals surface area contributed by atoms with Crippen molar-refractivity contribution in [3.63, 3.8) is 0 Å². The van der Waals surface area contributed by atoms with E-state index in [1.54, 1.807) is 0 Å². The van der Waals surface area contributed by atoms with E-state index >= 15 is 0 Å². The zero-order valence-corrected chi connectivity index (χ0v) is 17.6. The van der Waals surface area contributed by atoms with Gasteiger partial charge in [-0.1, -0.05) is 11.6 Å². The summed E-state index contributed by atoms with van der Waals surface area (Å²) in [6.07, 6.45) is 5.98. The molecular formula is C20H26ClFN2O3S. The molecule has 4 aliphatic carbocycles. The van der Waals surface area contributed by atoms with Crippen LogP contribution in [-0.4, -0.2) is 25.9 Å². The van der Waals surface area contributed by atoms with Crippen LogP contribution in [0.2, 0.25) is 5.02 Å². The van der Waals surface area contributed by atoms with E-state index in [9.17, 15) is 17.6 Å². The third-order valence-corrected chi connectivity index (χ3v) is 8.80. The molecule has 4 bridgehead atoms. The Balaban J connectivity index is 1.48. The number of carbonyl (C=O) groups is 1. The Bertz CT molecular complexity index is 875. The number of hydrogen-bond donors (Lipinski definition) is 2. The quantitative estimate of drug-likeness (QED) is 0.753. The van der Waals surface area contributed by atoms with Crippen molar-refractivity contribution >= 4 is 27.5 Å². The Kier molecular flexibility index (Phi) is 5.00. The van der Waals surface area contributed by atoms with Gasteiger partial charge in [-0.2, -0.15) is 4.72 Å². The Labute approximate surface area is 170 Å². The van der Waals surface area contributed by atoms with E-state index in [0.717, 1.165) is 55.7 Å². The lowest BCUT2D eigenvalue weighted by Gasteiger charge is -2.54. The summed E-state index contributed by atoms with van der Waals surface area (Å²) in [6, 6.07) is 3.20. The lowest BCUT2D eigenvalue weighted by molar-refractivity contribution is -0.129. The number of hydrogen-bond acceptors (Lipinski definition) is 3. The molecule has 0 aromatic heterocycles. The molecule has 0 heterocycles. The molecular weight excluding hydrogens is 403 g/mol. The zero-order chi connectivity index (χ0) is 20.3. The molecule has 0 aliphatic heterocycles.